The van der Waals surface area contributed by atoms with Gasteiger partial charge >= 0.3 is 0 Å². The van der Waals surface area contributed by atoms with Crippen molar-refractivity contribution >= 4 is 21.6 Å². The molecule has 0 spiro atoms. The minimum atomic E-state index is -3.63. The van der Waals surface area contributed by atoms with Crippen LogP contribution in [-0.2, 0) is 21.4 Å². The van der Waals surface area contributed by atoms with Crippen molar-refractivity contribution in [1.82, 2.24) is 5.32 Å². The number of rotatable bonds is 6. The molecule has 24 heavy (non-hydrogen) atoms. The second-order valence-electron chi connectivity index (χ2n) is 5.41. The third kappa shape index (κ3) is 4.55. The highest BCUT2D eigenvalue weighted by Crippen LogP contribution is 2.20. The molecule has 1 atom stereocenters. The first kappa shape index (κ1) is 17.9. The highest BCUT2D eigenvalue weighted by atomic mass is 32.2. The number of carbonyl (C=O) groups excluding carboxylic acids is 1. The molecule has 0 saturated carbocycles. The topological polar surface area (TPSA) is 66.5 Å². The summed E-state index contributed by atoms with van der Waals surface area (Å²) in [4.78, 5) is 12.4. The van der Waals surface area contributed by atoms with Crippen molar-refractivity contribution < 1.29 is 17.6 Å². The molecule has 1 amide bonds. The molecule has 0 aliphatic carbocycles. The van der Waals surface area contributed by atoms with Gasteiger partial charge in [0, 0.05) is 6.54 Å². The fourth-order valence-electron chi connectivity index (χ4n) is 2.32. The van der Waals surface area contributed by atoms with E-state index in [2.05, 4.69) is 5.32 Å². The van der Waals surface area contributed by atoms with Gasteiger partial charge in [0.05, 0.1) is 11.9 Å². The molecule has 0 saturated heterocycles. The monoisotopic (exact) mass is 350 g/mol. The molecular formula is C17H19FN2O3S. The van der Waals surface area contributed by atoms with Crippen molar-refractivity contribution in [2.24, 2.45) is 0 Å². The molecule has 1 N–H and O–H groups in total. The number of amides is 1. The highest BCUT2D eigenvalue weighted by Gasteiger charge is 2.28. The molecule has 1 unspecified atom stereocenters. The SMILES string of the molecule is CC(C(=O)NCc1ccc(F)cc1)N(c1ccccc1)S(C)(=O)=O. The van der Waals surface area contributed by atoms with Crippen LogP contribution in [0.25, 0.3) is 0 Å². The number of nitrogens with one attached hydrogen (secondary N) is 1. The highest BCUT2D eigenvalue weighted by molar-refractivity contribution is 7.92. The molecule has 0 aliphatic heterocycles. The Morgan fingerprint density at radius 2 is 1.71 bits per heavy atom. The van der Waals surface area contributed by atoms with Gasteiger partial charge < -0.3 is 5.32 Å². The Kier molecular flexibility index (Phi) is 5.56. The fraction of sp³-hybridized carbons (Fsp3) is 0.235. The van der Waals surface area contributed by atoms with Gasteiger partial charge in [0.15, 0.2) is 0 Å². The normalized spacial score (nSPS) is 12.5. The van der Waals surface area contributed by atoms with Crippen LogP contribution in [0.1, 0.15) is 12.5 Å². The van der Waals surface area contributed by atoms with Gasteiger partial charge in [0.1, 0.15) is 11.9 Å². The van der Waals surface area contributed by atoms with E-state index in [1.807, 2.05) is 0 Å². The summed E-state index contributed by atoms with van der Waals surface area (Å²) < 4.78 is 38.1. The van der Waals surface area contributed by atoms with Crippen molar-refractivity contribution in [2.75, 3.05) is 10.6 Å². The summed E-state index contributed by atoms with van der Waals surface area (Å²) in [5.74, 6) is -0.792. The molecule has 0 aliphatic rings. The Morgan fingerprint density at radius 1 is 1.12 bits per heavy atom. The zero-order chi connectivity index (χ0) is 17.7. The van der Waals surface area contributed by atoms with E-state index in [4.69, 9.17) is 0 Å². The van der Waals surface area contributed by atoms with Gasteiger partial charge in [0.25, 0.3) is 0 Å². The van der Waals surface area contributed by atoms with Crippen molar-refractivity contribution in [1.29, 1.82) is 0 Å². The van der Waals surface area contributed by atoms with E-state index in [1.54, 1.807) is 42.5 Å². The number of hydrogen-bond acceptors (Lipinski definition) is 3. The molecule has 0 heterocycles. The van der Waals surface area contributed by atoms with Gasteiger partial charge in [-0.15, -0.1) is 0 Å². The van der Waals surface area contributed by atoms with Gasteiger partial charge in [-0.3, -0.25) is 9.10 Å². The van der Waals surface area contributed by atoms with Crippen LogP contribution >= 0.6 is 0 Å². The molecular weight excluding hydrogens is 331 g/mol. The molecule has 0 bridgehead atoms. The van der Waals surface area contributed by atoms with Gasteiger partial charge in [-0.1, -0.05) is 30.3 Å². The Hall–Kier alpha value is -2.41. The standard InChI is InChI=1S/C17H19FN2O3S/c1-13(17(21)19-12-14-8-10-15(18)11-9-14)20(24(2,22)23)16-6-4-3-5-7-16/h3-11,13H,12H2,1-2H3,(H,19,21). The Balaban J connectivity index is 2.13. The average Bonchev–Trinajstić information content (AvgIpc) is 2.54. The molecule has 0 radical (unpaired) electrons. The molecule has 128 valence electrons. The molecule has 2 aromatic carbocycles. The van der Waals surface area contributed by atoms with Crippen LogP contribution in [0.15, 0.2) is 54.6 Å². The van der Waals surface area contributed by atoms with E-state index < -0.39 is 22.0 Å². The quantitative estimate of drug-likeness (QED) is 0.869. The summed E-state index contributed by atoms with van der Waals surface area (Å²) in [6.07, 6.45) is 1.06. The lowest BCUT2D eigenvalue weighted by atomic mass is 10.2. The van der Waals surface area contributed by atoms with E-state index in [0.717, 1.165) is 16.1 Å². The van der Waals surface area contributed by atoms with Crippen molar-refractivity contribution in [2.45, 2.75) is 19.5 Å². The zero-order valence-electron chi connectivity index (χ0n) is 13.4. The summed E-state index contributed by atoms with van der Waals surface area (Å²) in [6.45, 7) is 1.71. The van der Waals surface area contributed by atoms with Gasteiger partial charge in [-0.2, -0.15) is 0 Å². The molecule has 0 fully saturated rings. The summed E-state index contributed by atoms with van der Waals surface area (Å²) in [7, 11) is -3.63. The number of halogens is 1. The largest absolute Gasteiger partial charge is 0.350 e. The lowest BCUT2D eigenvalue weighted by Gasteiger charge is -2.28. The van der Waals surface area contributed by atoms with Crippen molar-refractivity contribution in [3.63, 3.8) is 0 Å². The Morgan fingerprint density at radius 3 is 2.25 bits per heavy atom. The third-order valence-electron chi connectivity index (χ3n) is 3.48. The van der Waals surface area contributed by atoms with Crippen LogP contribution in [0, 0.1) is 5.82 Å². The number of nitrogens with zero attached hydrogens (tertiary/aromatic N) is 1. The first-order valence-corrected chi connectivity index (χ1v) is 9.20. The molecule has 0 aromatic heterocycles. The summed E-state index contributed by atoms with van der Waals surface area (Å²) >= 11 is 0. The Bertz CT molecular complexity index is 792. The van der Waals surface area contributed by atoms with Crippen molar-refractivity contribution in [3.8, 4) is 0 Å². The molecule has 5 nitrogen and oxygen atoms in total. The lowest BCUT2D eigenvalue weighted by Crippen LogP contribution is -2.47. The average molecular weight is 350 g/mol. The van der Waals surface area contributed by atoms with Crippen LogP contribution in [-0.4, -0.2) is 26.6 Å². The number of hydrogen-bond donors (Lipinski definition) is 1. The molecule has 7 heteroatoms. The molecule has 2 rings (SSSR count). The van der Waals surface area contributed by atoms with Crippen LogP contribution in [0.3, 0.4) is 0 Å². The van der Waals surface area contributed by atoms with Crippen LogP contribution in [0.2, 0.25) is 0 Å². The summed E-state index contributed by atoms with van der Waals surface area (Å²) in [5, 5.41) is 2.67. The second kappa shape index (κ2) is 7.44. The minimum absolute atomic E-state index is 0.190. The number of sulfonamides is 1. The number of benzene rings is 2. The summed E-state index contributed by atoms with van der Waals surface area (Å²) in [5.41, 5.74) is 1.15. The van der Waals surface area contributed by atoms with Crippen LogP contribution < -0.4 is 9.62 Å². The number of para-hydroxylation sites is 1. The predicted molar refractivity (Wildman–Crippen MR) is 91.5 cm³/mol. The number of anilines is 1. The van der Waals surface area contributed by atoms with Gasteiger partial charge in [-0.05, 0) is 36.8 Å². The van der Waals surface area contributed by atoms with Crippen molar-refractivity contribution in [3.05, 3.63) is 66.0 Å². The number of carbonyl (C=O) groups is 1. The van der Waals surface area contributed by atoms with Gasteiger partial charge in [0.2, 0.25) is 15.9 Å². The van der Waals surface area contributed by atoms with E-state index >= 15 is 0 Å². The van der Waals surface area contributed by atoms with Gasteiger partial charge in [-0.25, -0.2) is 12.8 Å². The maximum Gasteiger partial charge on any atom is 0.243 e. The first-order chi connectivity index (χ1) is 11.3. The fourth-order valence-corrected chi connectivity index (χ4v) is 3.50. The predicted octanol–water partition coefficient (Wildman–Crippen LogP) is 2.30. The van der Waals surface area contributed by atoms with E-state index in [0.29, 0.717) is 5.69 Å². The smallest absolute Gasteiger partial charge is 0.243 e. The third-order valence-corrected chi connectivity index (χ3v) is 4.72. The molecule has 2 aromatic rings. The van der Waals surface area contributed by atoms with E-state index in [-0.39, 0.29) is 12.4 Å². The van der Waals surface area contributed by atoms with E-state index in [9.17, 15) is 17.6 Å². The zero-order valence-corrected chi connectivity index (χ0v) is 14.3. The second-order valence-corrected chi connectivity index (χ2v) is 7.27. The van der Waals surface area contributed by atoms with Crippen LogP contribution in [0.4, 0.5) is 10.1 Å². The summed E-state index contributed by atoms with van der Waals surface area (Å²) in [6, 6.07) is 13.3. The lowest BCUT2D eigenvalue weighted by molar-refractivity contribution is -0.122. The van der Waals surface area contributed by atoms with E-state index in [1.165, 1.54) is 19.1 Å². The Labute approximate surface area is 141 Å². The maximum absolute atomic E-state index is 12.9. The van der Waals surface area contributed by atoms with Crippen LogP contribution in [0.5, 0.6) is 0 Å². The minimum Gasteiger partial charge on any atom is -0.350 e. The first-order valence-electron chi connectivity index (χ1n) is 7.35. The maximum atomic E-state index is 12.9.